The Balaban J connectivity index is 0.00000113. The summed E-state index contributed by atoms with van der Waals surface area (Å²) in [5.74, 6) is 1.93. The van der Waals surface area contributed by atoms with Crippen LogP contribution in [0.2, 0.25) is 0 Å². The van der Waals surface area contributed by atoms with Crippen LogP contribution in [-0.2, 0) is 4.79 Å². The lowest BCUT2D eigenvalue weighted by atomic mass is 9.85. The van der Waals surface area contributed by atoms with E-state index in [-0.39, 0.29) is 30.9 Å². The molecule has 2 aliphatic heterocycles. The second kappa shape index (κ2) is 9.01. The van der Waals surface area contributed by atoms with Gasteiger partial charge in [0.05, 0.1) is 6.04 Å². The zero-order chi connectivity index (χ0) is 15.6. The monoisotopic (exact) mass is 387 g/mol. The van der Waals surface area contributed by atoms with Crippen molar-refractivity contribution in [3.63, 3.8) is 0 Å². The molecule has 8 heteroatoms. The number of hydrogen-bond donors (Lipinski definition) is 1. The van der Waals surface area contributed by atoms with Crippen LogP contribution in [0.3, 0.4) is 0 Å². The van der Waals surface area contributed by atoms with Crippen molar-refractivity contribution < 1.29 is 4.79 Å². The third kappa shape index (κ3) is 4.36. The molecule has 1 aliphatic carbocycles. The number of nitrogens with one attached hydrogen (secondary N) is 1. The van der Waals surface area contributed by atoms with Crippen molar-refractivity contribution in [1.82, 2.24) is 20.4 Å². The summed E-state index contributed by atoms with van der Waals surface area (Å²) in [6.45, 7) is 3.24. The van der Waals surface area contributed by atoms with E-state index in [4.69, 9.17) is 0 Å². The number of anilines is 1. The minimum Gasteiger partial charge on any atom is -0.352 e. The molecule has 25 heavy (non-hydrogen) atoms. The van der Waals surface area contributed by atoms with Gasteiger partial charge in [0.1, 0.15) is 0 Å². The zero-order valence-corrected chi connectivity index (χ0v) is 16.0. The molecule has 140 valence electrons. The van der Waals surface area contributed by atoms with E-state index in [2.05, 4.69) is 20.4 Å². The van der Waals surface area contributed by atoms with Crippen molar-refractivity contribution in [3.05, 3.63) is 18.3 Å². The summed E-state index contributed by atoms with van der Waals surface area (Å²) >= 11 is 0. The number of hydrogen-bond acceptors (Lipinski definition) is 5. The van der Waals surface area contributed by atoms with Crippen LogP contribution in [-0.4, -0.2) is 59.3 Å². The van der Waals surface area contributed by atoms with E-state index in [0.29, 0.717) is 11.9 Å². The molecule has 3 heterocycles. The number of carbonyl (C=O) groups is 1. The van der Waals surface area contributed by atoms with Crippen molar-refractivity contribution in [3.8, 4) is 0 Å². The van der Waals surface area contributed by atoms with E-state index in [1.54, 1.807) is 6.20 Å². The van der Waals surface area contributed by atoms with Crippen LogP contribution in [0.5, 0.6) is 0 Å². The normalized spacial score (nSPS) is 28.6. The maximum absolute atomic E-state index is 12.8. The lowest BCUT2D eigenvalue weighted by Crippen LogP contribution is -2.53. The minimum atomic E-state index is 0. The zero-order valence-electron chi connectivity index (χ0n) is 14.3. The topological polar surface area (TPSA) is 61.4 Å². The van der Waals surface area contributed by atoms with Crippen molar-refractivity contribution in [2.24, 2.45) is 5.92 Å². The van der Waals surface area contributed by atoms with Gasteiger partial charge in [0.15, 0.2) is 5.82 Å². The van der Waals surface area contributed by atoms with Gasteiger partial charge in [-0.25, -0.2) is 0 Å². The number of carbonyl (C=O) groups excluding carboxylic acids is 1. The van der Waals surface area contributed by atoms with Gasteiger partial charge in [-0.15, -0.1) is 29.9 Å². The molecule has 3 atom stereocenters. The second-order valence-electron chi connectivity index (χ2n) is 7.00. The Morgan fingerprint density at radius 3 is 2.56 bits per heavy atom. The Hall–Kier alpha value is -1.11. The van der Waals surface area contributed by atoms with Gasteiger partial charge in [-0.1, -0.05) is 12.8 Å². The molecule has 3 unspecified atom stereocenters. The highest BCUT2D eigenvalue weighted by Gasteiger charge is 2.40. The smallest absolute Gasteiger partial charge is 0.239 e. The number of aromatic nitrogens is 2. The maximum atomic E-state index is 12.8. The summed E-state index contributed by atoms with van der Waals surface area (Å²) in [6.07, 6.45) is 7.91. The van der Waals surface area contributed by atoms with Gasteiger partial charge in [-0.05, 0) is 37.3 Å². The van der Waals surface area contributed by atoms with Crippen LogP contribution < -0.4 is 10.2 Å². The van der Waals surface area contributed by atoms with Gasteiger partial charge >= 0.3 is 0 Å². The average molecular weight is 388 g/mol. The molecule has 1 saturated carbocycles. The summed E-state index contributed by atoms with van der Waals surface area (Å²) in [7, 11) is 0. The van der Waals surface area contributed by atoms with Crippen LogP contribution in [0.4, 0.5) is 5.82 Å². The molecular formula is C17H27Cl2N5O. The second-order valence-corrected chi connectivity index (χ2v) is 7.00. The largest absolute Gasteiger partial charge is 0.352 e. The van der Waals surface area contributed by atoms with Gasteiger partial charge < -0.3 is 15.1 Å². The quantitative estimate of drug-likeness (QED) is 0.839. The molecule has 4 rings (SSSR count). The Kier molecular flexibility index (Phi) is 7.28. The lowest BCUT2D eigenvalue weighted by molar-refractivity contribution is -0.133. The molecule has 3 aliphatic rings. The number of amides is 1. The first-order chi connectivity index (χ1) is 11.3. The molecule has 0 bridgehead atoms. The number of fused-ring (bicyclic) bond motifs is 1. The molecule has 1 aromatic heterocycles. The highest BCUT2D eigenvalue weighted by Crippen LogP contribution is 2.33. The molecule has 1 aromatic rings. The predicted octanol–water partition coefficient (Wildman–Crippen LogP) is 1.89. The van der Waals surface area contributed by atoms with Crippen molar-refractivity contribution >= 4 is 36.5 Å². The number of rotatable bonds is 2. The molecule has 0 radical (unpaired) electrons. The first kappa shape index (κ1) is 20.2. The number of piperazine rings is 1. The highest BCUT2D eigenvalue weighted by atomic mass is 35.5. The Labute approximate surface area is 161 Å². The Bertz CT molecular complexity index is 539. The third-order valence-corrected chi connectivity index (χ3v) is 5.63. The summed E-state index contributed by atoms with van der Waals surface area (Å²) in [5, 5.41) is 11.7. The van der Waals surface area contributed by atoms with E-state index >= 15 is 0 Å². The maximum Gasteiger partial charge on any atom is 0.239 e. The fourth-order valence-electron chi connectivity index (χ4n) is 4.35. The first-order valence-electron chi connectivity index (χ1n) is 8.89. The molecular weight excluding hydrogens is 361 g/mol. The van der Waals surface area contributed by atoms with Gasteiger partial charge in [-0.3, -0.25) is 4.79 Å². The van der Waals surface area contributed by atoms with Gasteiger partial charge in [0.2, 0.25) is 5.91 Å². The van der Waals surface area contributed by atoms with Gasteiger partial charge in [-0.2, -0.15) is 5.10 Å². The van der Waals surface area contributed by atoms with E-state index in [1.165, 1.54) is 25.7 Å². The minimum absolute atomic E-state index is 0. The molecule has 1 N–H and O–H groups in total. The fraction of sp³-hybridized carbons (Fsp3) is 0.706. The molecule has 6 nitrogen and oxygen atoms in total. The van der Waals surface area contributed by atoms with Gasteiger partial charge in [0.25, 0.3) is 0 Å². The lowest BCUT2D eigenvalue weighted by Gasteiger charge is -2.36. The van der Waals surface area contributed by atoms with Crippen LogP contribution in [0.1, 0.15) is 32.1 Å². The van der Waals surface area contributed by atoms with E-state index in [0.717, 1.165) is 44.3 Å². The van der Waals surface area contributed by atoms with Crippen LogP contribution in [0.15, 0.2) is 18.3 Å². The molecule has 2 saturated heterocycles. The average Bonchev–Trinajstić information content (AvgIpc) is 3.06. The summed E-state index contributed by atoms with van der Waals surface area (Å²) in [6, 6.07) is 4.52. The van der Waals surface area contributed by atoms with Crippen molar-refractivity contribution in [1.29, 1.82) is 0 Å². The molecule has 3 fully saturated rings. The first-order valence-corrected chi connectivity index (χ1v) is 8.89. The molecule has 1 amide bonds. The van der Waals surface area contributed by atoms with Crippen LogP contribution in [0.25, 0.3) is 0 Å². The third-order valence-electron chi connectivity index (χ3n) is 5.63. The standard InChI is InChI=1S/C17H25N5O.2ClH/c23-17(15-12-13-4-1-2-5-14(13)19-15)22-10-8-21(9-11-22)16-6-3-7-18-20-16;;/h3,6-7,13-15,19H,1-2,4-5,8-12H2;2*1H. The highest BCUT2D eigenvalue weighted by molar-refractivity contribution is 5.85. The Morgan fingerprint density at radius 2 is 1.88 bits per heavy atom. The van der Waals surface area contributed by atoms with Gasteiger partial charge in [0, 0.05) is 38.4 Å². The number of halogens is 2. The summed E-state index contributed by atoms with van der Waals surface area (Å²) in [5.41, 5.74) is 0. The van der Waals surface area contributed by atoms with Crippen molar-refractivity contribution in [2.45, 2.75) is 44.2 Å². The Morgan fingerprint density at radius 1 is 1.12 bits per heavy atom. The molecule has 0 spiro atoms. The molecule has 0 aromatic carbocycles. The summed E-state index contributed by atoms with van der Waals surface area (Å²) < 4.78 is 0. The predicted molar refractivity (Wildman–Crippen MR) is 103 cm³/mol. The SMILES string of the molecule is Cl.Cl.O=C(C1CC2CCCCC2N1)N1CCN(c2cccnn2)CC1. The number of nitrogens with zero attached hydrogens (tertiary/aromatic N) is 4. The van der Waals surface area contributed by atoms with Crippen LogP contribution >= 0.6 is 24.8 Å². The van der Waals surface area contributed by atoms with Crippen LogP contribution in [0, 0.1) is 5.92 Å². The van der Waals surface area contributed by atoms with Crippen molar-refractivity contribution in [2.75, 3.05) is 31.1 Å². The van der Waals surface area contributed by atoms with E-state index < -0.39 is 0 Å². The van der Waals surface area contributed by atoms with E-state index in [9.17, 15) is 4.79 Å². The van der Waals surface area contributed by atoms with E-state index in [1.807, 2.05) is 17.0 Å². The fourth-order valence-corrected chi connectivity index (χ4v) is 4.35. The summed E-state index contributed by atoms with van der Waals surface area (Å²) in [4.78, 5) is 17.0.